The molecule has 0 aliphatic heterocycles. The molecule has 0 saturated carbocycles. The van der Waals surface area contributed by atoms with Crippen molar-refractivity contribution in [1.29, 1.82) is 0 Å². The summed E-state index contributed by atoms with van der Waals surface area (Å²) in [5.41, 5.74) is 8.66. The van der Waals surface area contributed by atoms with Gasteiger partial charge < -0.3 is 16.4 Å². The first-order chi connectivity index (χ1) is 8.02. The zero-order valence-electron chi connectivity index (χ0n) is 10.7. The van der Waals surface area contributed by atoms with Crippen LogP contribution in [0.4, 0.5) is 11.4 Å². The highest BCUT2D eigenvalue weighted by Crippen LogP contribution is 2.17. The van der Waals surface area contributed by atoms with Crippen molar-refractivity contribution in [3.05, 3.63) is 23.8 Å². The standard InChI is InChI=1S/C13H21N3O/c1-4-11(8-15-10(3)17)16-12-5-6-13(14)9(2)7-12/h5-7,11,16H,4,8,14H2,1-3H3,(H,15,17). The summed E-state index contributed by atoms with van der Waals surface area (Å²) in [6.07, 6.45) is 0.948. The van der Waals surface area contributed by atoms with Gasteiger partial charge in [0.1, 0.15) is 0 Å². The van der Waals surface area contributed by atoms with Crippen LogP contribution < -0.4 is 16.4 Å². The summed E-state index contributed by atoms with van der Waals surface area (Å²) in [5.74, 6) is -0.00117. The van der Waals surface area contributed by atoms with E-state index >= 15 is 0 Å². The van der Waals surface area contributed by atoms with Crippen LogP contribution in [0.25, 0.3) is 0 Å². The van der Waals surface area contributed by atoms with E-state index in [1.807, 2.05) is 25.1 Å². The Morgan fingerprint density at radius 2 is 2.18 bits per heavy atom. The summed E-state index contributed by atoms with van der Waals surface area (Å²) in [6.45, 7) is 6.23. The third-order valence-electron chi connectivity index (χ3n) is 2.73. The first-order valence-corrected chi connectivity index (χ1v) is 5.90. The smallest absolute Gasteiger partial charge is 0.216 e. The number of nitrogens with two attached hydrogens (primary N) is 1. The number of aryl methyl sites for hydroxylation is 1. The molecule has 0 aliphatic rings. The van der Waals surface area contributed by atoms with E-state index in [2.05, 4.69) is 17.6 Å². The fourth-order valence-electron chi connectivity index (χ4n) is 1.57. The van der Waals surface area contributed by atoms with Crippen molar-refractivity contribution in [2.45, 2.75) is 33.2 Å². The van der Waals surface area contributed by atoms with Crippen molar-refractivity contribution in [3.8, 4) is 0 Å². The summed E-state index contributed by atoms with van der Waals surface area (Å²) in [5, 5.41) is 6.20. The third kappa shape index (κ3) is 4.34. The minimum absolute atomic E-state index is 0.00117. The lowest BCUT2D eigenvalue weighted by molar-refractivity contribution is -0.119. The molecule has 0 radical (unpaired) electrons. The first kappa shape index (κ1) is 13.4. The molecule has 4 N–H and O–H groups in total. The van der Waals surface area contributed by atoms with E-state index in [0.717, 1.165) is 23.4 Å². The van der Waals surface area contributed by atoms with Gasteiger partial charge in [0, 0.05) is 30.9 Å². The summed E-state index contributed by atoms with van der Waals surface area (Å²) in [7, 11) is 0. The largest absolute Gasteiger partial charge is 0.399 e. The van der Waals surface area contributed by atoms with Crippen LogP contribution in [0.3, 0.4) is 0 Å². The molecular formula is C13H21N3O. The lowest BCUT2D eigenvalue weighted by atomic mass is 10.1. The number of carbonyl (C=O) groups is 1. The second-order valence-corrected chi connectivity index (χ2v) is 4.26. The van der Waals surface area contributed by atoms with E-state index in [1.54, 1.807) is 0 Å². The Morgan fingerprint density at radius 1 is 1.47 bits per heavy atom. The monoisotopic (exact) mass is 235 g/mol. The number of hydrogen-bond acceptors (Lipinski definition) is 3. The fourth-order valence-corrected chi connectivity index (χ4v) is 1.57. The summed E-state index contributed by atoms with van der Waals surface area (Å²) in [6, 6.07) is 6.11. The Bertz CT molecular complexity index is 390. The number of nitrogen functional groups attached to an aromatic ring is 1. The molecule has 1 atom stereocenters. The van der Waals surface area contributed by atoms with Gasteiger partial charge in [-0.25, -0.2) is 0 Å². The van der Waals surface area contributed by atoms with Crippen molar-refractivity contribution in [2.75, 3.05) is 17.6 Å². The zero-order chi connectivity index (χ0) is 12.8. The molecule has 4 nitrogen and oxygen atoms in total. The van der Waals surface area contributed by atoms with E-state index in [0.29, 0.717) is 6.54 Å². The van der Waals surface area contributed by atoms with Crippen molar-refractivity contribution in [1.82, 2.24) is 5.32 Å². The fraction of sp³-hybridized carbons (Fsp3) is 0.462. The van der Waals surface area contributed by atoms with Crippen LogP contribution in [-0.4, -0.2) is 18.5 Å². The quantitative estimate of drug-likeness (QED) is 0.683. The molecule has 94 valence electrons. The average Bonchev–Trinajstić information content (AvgIpc) is 2.28. The van der Waals surface area contributed by atoms with Gasteiger partial charge in [-0.1, -0.05) is 6.92 Å². The van der Waals surface area contributed by atoms with Crippen molar-refractivity contribution in [2.24, 2.45) is 0 Å². The van der Waals surface area contributed by atoms with E-state index in [1.165, 1.54) is 6.92 Å². The second kappa shape index (κ2) is 6.13. The molecule has 1 rings (SSSR count). The lowest BCUT2D eigenvalue weighted by Crippen LogP contribution is -2.34. The number of hydrogen-bond donors (Lipinski definition) is 3. The maximum atomic E-state index is 10.9. The number of carbonyl (C=O) groups excluding carboxylic acids is 1. The molecule has 0 saturated heterocycles. The molecule has 0 bridgehead atoms. The van der Waals surface area contributed by atoms with E-state index < -0.39 is 0 Å². The van der Waals surface area contributed by atoms with Gasteiger partial charge in [-0.2, -0.15) is 0 Å². The predicted octanol–water partition coefficient (Wildman–Crippen LogP) is 1.90. The van der Waals surface area contributed by atoms with Crippen LogP contribution >= 0.6 is 0 Å². The minimum Gasteiger partial charge on any atom is -0.399 e. The maximum Gasteiger partial charge on any atom is 0.216 e. The average molecular weight is 235 g/mol. The highest BCUT2D eigenvalue weighted by molar-refractivity contribution is 5.72. The van der Waals surface area contributed by atoms with Gasteiger partial charge in [0.2, 0.25) is 5.91 Å². The molecule has 1 aromatic rings. The van der Waals surface area contributed by atoms with Gasteiger partial charge in [-0.15, -0.1) is 0 Å². The van der Waals surface area contributed by atoms with Crippen LogP contribution in [0, 0.1) is 6.92 Å². The minimum atomic E-state index is -0.00117. The van der Waals surface area contributed by atoms with Crippen molar-refractivity contribution >= 4 is 17.3 Å². The van der Waals surface area contributed by atoms with Crippen molar-refractivity contribution in [3.63, 3.8) is 0 Å². The van der Waals surface area contributed by atoms with Gasteiger partial charge in [0.25, 0.3) is 0 Å². The highest BCUT2D eigenvalue weighted by atomic mass is 16.1. The summed E-state index contributed by atoms with van der Waals surface area (Å²) in [4.78, 5) is 10.9. The van der Waals surface area contributed by atoms with Gasteiger partial charge in [-0.05, 0) is 37.1 Å². The lowest BCUT2D eigenvalue weighted by Gasteiger charge is -2.19. The van der Waals surface area contributed by atoms with Crippen molar-refractivity contribution < 1.29 is 4.79 Å². The number of amides is 1. The van der Waals surface area contributed by atoms with Gasteiger partial charge in [0.15, 0.2) is 0 Å². The molecule has 1 unspecified atom stereocenters. The van der Waals surface area contributed by atoms with E-state index in [4.69, 9.17) is 5.73 Å². The molecule has 1 aromatic carbocycles. The number of rotatable bonds is 5. The summed E-state index contributed by atoms with van der Waals surface area (Å²) >= 11 is 0. The molecule has 0 heterocycles. The molecule has 0 spiro atoms. The van der Waals surface area contributed by atoms with Gasteiger partial charge >= 0.3 is 0 Å². The number of anilines is 2. The summed E-state index contributed by atoms with van der Waals surface area (Å²) < 4.78 is 0. The van der Waals surface area contributed by atoms with Crippen LogP contribution in [-0.2, 0) is 4.79 Å². The van der Waals surface area contributed by atoms with Crippen LogP contribution in [0.1, 0.15) is 25.8 Å². The SMILES string of the molecule is CCC(CNC(C)=O)Nc1ccc(N)c(C)c1. The zero-order valence-corrected chi connectivity index (χ0v) is 10.7. The molecule has 4 heteroatoms. The molecule has 0 aliphatic carbocycles. The predicted molar refractivity (Wildman–Crippen MR) is 72.0 cm³/mol. The van der Waals surface area contributed by atoms with E-state index in [9.17, 15) is 4.79 Å². The topological polar surface area (TPSA) is 67.2 Å². The molecule has 17 heavy (non-hydrogen) atoms. The van der Waals surface area contributed by atoms with Gasteiger partial charge in [-0.3, -0.25) is 4.79 Å². The Balaban J connectivity index is 2.60. The Morgan fingerprint density at radius 3 is 2.71 bits per heavy atom. The number of nitrogens with one attached hydrogen (secondary N) is 2. The van der Waals surface area contributed by atoms with Crippen LogP contribution in [0.2, 0.25) is 0 Å². The van der Waals surface area contributed by atoms with Crippen LogP contribution in [0.5, 0.6) is 0 Å². The Labute approximate surface area is 103 Å². The highest BCUT2D eigenvalue weighted by Gasteiger charge is 2.07. The van der Waals surface area contributed by atoms with E-state index in [-0.39, 0.29) is 11.9 Å². The Hall–Kier alpha value is -1.71. The van der Waals surface area contributed by atoms with Crippen LogP contribution in [0.15, 0.2) is 18.2 Å². The maximum absolute atomic E-state index is 10.9. The molecule has 1 amide bonds. The number of benzene rings is 1. The second-order valence-electron chi connectivity index (χ2n) is 4.26. The van der Waals surface area contributed by atoms with Gasteiger partial charge in [0.05, 0.1) is 0 Å². The first-order valence-electron chi connectivity index (χ1n) is 5.90. The molecule has 0 fully saturated rings. The molecular weight excluding hydrogens is 214 g/mol. The normalized spacial score (nSPS) is 11.9. The Kier molecular flexibility index (Phi) is 4.82. The molecule has 0 aromatic heterocycles. The third-order valence-corrected chi connectivity index (χ3v) is 2.73.